The molecule has 30 heavy (non-hydrogen) atoms. The summed E-state index contributed by atoms with van der Waals surface area (Å²) in [6.07, 6.45) is 3.72. The monoisotopic (exact) mass is 403 g/mol. The molecule has 2 aromatic carbocycles. The van der Waals surface area contributed by atoms with Gasteiger partial charge in [-0.1, -0.05) is 30.3 Å². The topological polar surface area (TPSA) is 72.7 Å². The summed E-state index contributed by atoms with van der Waals surface area (Å²) >= 11 is 0. The zero-order valence-corrected chi connectivity index (χ0v) is 15.9. The van der Waals surface area contributed by atoms with Gasteiger partial charge in [-0.05, 0) is 47.0 Å². The van der Waals surface area contributed by atoms with Crippen LogP contribution in [0.15, 0.2) is 73.1 Å². The van der Waals surface area contributed by atoms with Crippen LogP contribution in [-0.2, 0) is 20.9 Å². The molecule has 0 aliphatic carbocycles. The van der Waals surface area contributed by atoms with E-state index in [-0.39, 0.29) is 24.8 Å². The van der Waals surface area contributed by atoms with Gasteiger partial charge < -0.3 is 10.1 Å². The molecule has 1 amide bonds. The Bertz CT molecular complexity index is 1200. The number of carbonyl (C=O) groups excluding carboxylic acids is 2. The largest absolute Gasteiger partial charge is 0.458 e. The number of halogens is 1. The van der Waals surface area contributed by atoms with Gasteiger partial charge in [0.05, 0.1) is 11.9 Å². The summed E-state index contributed by atoms with van der Waals surface area (Å²) in [7, 11) is 0. The summed E-state index contributed by atoms with van der Waals surface area (Å²) in [5.74, 6) is -0.633. The standard InChI is InChI=1S/C23H18FN3O3/c24-20-6-4-17(5-7-20)18-8-9-27-21(13-25-22(27)11-18)19-3-1-2-16(10-19)12-26-23(29)14-30-15-28/h1-11,13,15H,12,14H2,(H,26,29). The number of nitrogens with one attached hydrogen (secondary N) is 1. The Labute approximate surface area is 171 Å². The Morgan fingerprint density at radius 1 is 1.07 bits per heavy atom. The lowest BCUT2D eigenvalue weighted by Gasteiger charge is -2.08. The SMILES string of the molecule is O=COCC(=O)NCc1cccc(-c2cnc3cc(-c4ccc(F)cc4)ccn23)c1. The molecule has 0 radical (unpaired) electrons. The van der Waals surface area contributed by atoms with E-state index in [1.165, 1.54) is 12.1 Å². The van der Waals surface area contributed by atoms with Gasteiger partial charge in [-0.15, -0.1) is 0 Å². The summed E-state index contributed by atoms with van der Waals surface area (Å²) < 4.78 is 19.6. The molecule has 2 aromatic heterocycles. The van der Waals surface area contributed by atoms with E-state index in [2.05, 4.69) is 15.0 Å². The Hall–Kier alpha value is -4.00. The van der Waals surface area contributed by atoms with Crippen molar-refractivity contribution in [3.8, 4) is 22.4 Å². The minimum absolute atomic E-state index is 0.242. The third kappa shape index (κ3) is 4.20. The second-order valence-electron chi connectivity index (χ2n) is 6.68. The van der Waals surface area contributed by atoms with Gasteiger partial charge in [0.25, 0.3) is 12.4 Å². The molecule has 4 rings (SSSR count). The predicted octanol–water partition coefficient (Wildman–Crippen LogP) is 3.60. The normalized spacial score (nSPS) is 10.7. The fourth-order valence-electron chi connectivity index (χ4n) is 3.22. The number of amides is 1. The number of carbonyl (C=O) groups is 2. The average molecular weight is 403 g/mol. The number of fused-ring (bicyclic) bond motifs is 1. The maximum atomic E-state index is 13.2. The Balaban J connectivity index is 1.57. The number of imidazole rings is 1. The maximum Gasteiger partial charge on any atom is 0.293 e. The highest BCUT2D eigenvalue weighted by atomic mass is 19.1. The summed E-state index contributed by atoms with van der Waals surface area (Å²) in [6.45, 7) is 0.264. The van der Waals surface area contributed by atoms with Crippen LogP contribution in [-0.4, -0.2) is 28.4 Å². The van der Waals surface area contributed by atoms with E-state index in [4.69, 9.17) is 0 Å². The first kappa shape index (κ1) is 19.3. The van der Waals surface area contributed by atoms with Gasteiger partial charge in [0.2, 0.25) is 0 Å². The molecule has 4 aromatic rings. The first-order chi connectivity index (χ1) is 14.6. The molecule has 0 aliphatic rings. The minimum atomic E-state index is -0.365. The third-order valence-corrected chi connectivity index (χ3v) is 4.69. The van der Waals surface area contributed by atoms with Crippen molar-refractivity contribution in [2.24, 2.45) is 0 Å². The zero-order valence-electron chi connectivity index (χ0n) is 15.9. The van der Waals surface area contributed by atoms with Gasteiger partial charge >= 0.3 is 0 Å². The average Bonchev–Trinajstić information content (AvgIpc) is 3.20. The van der Waals surface area contributed by atoms with Gasteiger partial charge in [0.15, 0.2) is 6.61 Å². The molecule has 0 atom stereocenters. The van der Waals surface area contributed by atoms with Crippen molar-refractivity contribution in [2.75, 3.05) is 6.61 Å². The van der Waals surface area contributed by atoms with Crippen molar-refractivity contribution in [3.05, 3.63) is 84.4 Å². The van der Waals surface area contributed by atoms with Crippen LogP contribution in [0.1, 0.15) is 5.56 Å². The first-order valence-corrected chi connectivity index (χ1v) is 9.28. The summed E-state index contributed by atoms with van der Waals surface area (Å²) in [5, 5.41) is 2.70. The van der Waals surface area contributed by atoms with Crippen molar-refractivity contribution in [3.63, 3.8) is 0 Å². The Morgan fingerprint density at radius 3 is 2.70 bits per heavy atom. The molecule has 0 aliphatic heterocycles. The number of benzene rings is 2. The van der Waals surface area contributed by atoms with Crippen LogP contribution in [0.3, 0.4) is 0 Å². The molecule has 2 heterocycles. The molecule has 0 saturated carbocycles. The van der Waals surface area contributed by atoms with Crippen LogP contribution in [0.5, 0.6) is 0 Å². The first-order valence-electron chi connectivity index (χ1n) is 9.28. The van der Waals surface area contributed by atoms with Gasteiger partial charge in [-0.25, -0.2) is 9.37 Å². The van der Waals surface area contributed by atoms with E-state index in [1.807, 2.05) is 47.0 Å². The highest BCUT2D eigenvalue weighted by molar-refractivity contribution is 5.78. The van der Waals surface area contributed by atoms with Crippen molar-refractivity contribution >= 4 is 18.0 Å². The van der Waals surface area contributed by atoms with Crippen LogP contribution in [0.2, 0.25) is 0 Å². The van der Waals surface area contributed by atoms with Crippen LogP contribution >= 0.6 is 0 Å². The molecular weight excluding hydrogens is 385 g/mol. The molecule has 0 unspecified atom stereocenters. The Kier molecular flexibility index (Phi) is 5.52. The van der Waals surface area contributed by atoms with Crippen LogP contribution in [0, 0.1) is 5.82 Å². The van der Waals surface area contributed by atoms with Gasteiger partial charge in [0, 0.05) is 18.3 Å². The van der Waals surface area contributed by atoms with Crippen molar-refractivity contribution < 1.29 is 18.7 Å². The van der Waals surface area contributed by atoms with E-state index < -0.39 is 0 Å². The van der Waals surface area contributed by atoms with Crippen molar-refractivity contribution in [2.45, 2.75) is 6.54 Å². The predicted molar refractivity (Wildman–Crippen MR) is 110 cm³/mol. The number of hydrogen-bond donors (Lipinski definition) is 1. The lowest BCUT2D eigenvalue weighted by atomic mass is 10.1. The van der Waals surface area contributed by atoms with Crippen LogP contribution in [0.4, 0.5) is 4.39 Å². The van der Waals surface area contributed by atoms with E-state index in [9.17, 15) is 14.0 Å². The number of ether oxygens (including phenoxy) is 1. The van der Waals surface area contributed by atoms with E-state index in [0.29, 0.717) is 6.54 Å². The fourth-order valence-corrected chi connectivity index (χ4v) is 3.22. The second kappa shape index (κ2) is 8.57. The summed E-state index contributed by atoms with van der Waals surface area (Å²) in [5.41, 5.74) is 5.41. The minimum Gasteiger partial charge on any atom is -0.458 e. The third-order valence-electron chi connectivity index (χ3n) is 4.69. The molecule has 7 heteroatoms. The Morgan fingerprint density at radius 2 is 1.90 bits per heavy atom. The molecule has 1 N–H and O–H groups in total. The smallest absolute Gasteiger partial charge is 0.293 e. The van der Waals surface area contributed by atoms with Crippen molar-refractivity contribution in [1.82, 2.24) is 14.7 Å². The molecule has 150 valence electrons. The molecular formula is C23H18FN3O3. The maximum absolute atomic E-state index is 13.2. The number of nitrogens with zero attached hydrogens (tertiary/aromatic N) is 2. The molecule has 0 spiro atoms. The molecule has 0 saturated heterocycles. The summed E-state index contributed by atoms with van der Waals surface area (Å²) in [6, 6.07) is 18.0. The lowest BCUT2D eigenvalue weighted by Crippen LogP contribution is -2.26. The lowest BCUT2D eigenvalue weighted by molar-refractivity contribution is -0.137. The molecule has 0 fully saturated rings. The number of pyridine rings is 1. The zero-order chi connectivity index (χ0) is 20.9. The molecule has 0 bridgehead atoms. The van der Waals surface area contributed by atoms with E-state index in [1.54, 1.807) is 18.3 Å². The number of rotatable bonds is 7. The number of hydrogen-bond acceptors (Lipinski definition) is 4. The van der Waals surface area contributed by atoms with Gasteiger partial charge in [-0.2, -0.15) is 0 Å². The summed E-state index contributed by atoms with van der Waals surface area (Å²) in [4.78, 5) is 26.3. The van der Waals surface area contributed by atoms with E-state index >= 15 is 0 Å². The van der Waals surface area contributed by atoms with Gasteiger partial charge in [-0.3, -0.25) is 14.0 Å². The van der Waals surface area contributed by atoms with Crippen molar-refractivity contribution in [1.29, 1.82) is 0 Å². The highest BCUT2D eigenvalue weighted by Crippen LogP contribution is 2.26. The quantitative estimate of drug-likeness (QED) is 0.479. The second-order valence-corrected chi connectivity index (χ2v) is 6.68. The highest BCUT2D eigenvalue weighted by Gasteiger charge is 2.09. The molecule has 6 nitrogen and oxygen atoms in total. The van der Waals surface area contributed by atoms with E-state index in [0.717, 1.165) is 33.6 Å². The van der Waals surface area contributed by atoms with Crippen LogP contribution in [0.25, 0.3) is 28.0 Å². The van der Waals surface area contributed by atoms with Gasteiger partial charge in [0.1, 0.15) is 11.5 Å². The fraction of sp³-hybridized carbons (Fsp3) is 0.0870. The van der Waals surface area contributed by atoms with Crippen LogP contribution < -0.4 is 5.32 Å². The number of aromatic nitrogens is 2.